The lowest BCUT2D eigenvalue weighted by molar-refractivity contribution is 0.0656. The van der Waals surface area contributed by atoms with Crippen LogP contribution in [0.5, 0.6) is 0 Å². The number of nitrogens with zero attached hydrogens (tertiary/aromatic N) is 1. The molecule has 1 atom stereocenters. The molecule has 1 aromatic rings. The quantitative estimate of drug-likeness (QED) is 0.751. The van der Waals surface area contributed by atoms with Gasteiger partial charge in [-0.25, -0.2) is 0 Å². The van der Waals surface area contributed by atoms with Gasteiger partial charge in [0.05, 0.1) is 5.56 Å². The van der Waals surface area contributed by atoms with E-state index in [2.05, 4.69) is 17.2 Å². The number of amides is 1. The molecule has 0 radical (unpaired) electrons. The van der Waals surface area contributed by atoms with Crippen LogP contribution in [0, 0.1) is 0 Å². The number of hydrogen-bond donors (Lipinski definition) is 2. The summed E-state index contributed by atoms with van der Waals surface area (Å²) in [5, 5.41) is 3.26. The lowest BCUT2D eigenvalue weighted by atomic mass is 10.2. The number of H-pyrrole nitrogens is 1. The first-order chi connectivity index (χ1) is 6.79. The molecule has 1 unspecified atom stereocenters. The molecule has 1 saturated heterocycles. The molecule has 2 heterocycles. The number of halogens is 1. The van der Waals surface area contributed by atoms with Gasteiger partial charge in [0.15, 0.2) is 0 Å². The van der Waals surface area contributed by atoms with Crippen LogP contribution in [0.25, 0.3) is 0 Å². The normalized spacial score (nSPS) is 20.9. The fourth-order valence-corrected chi connectivity index (χ4v) is 1.77. The summed E-state index contributed by atoms with van der Waals surface area (Å²) in [7, 11) is 0. The zero-order valence-electron chi connectivity index (χ0n) is 8.69. The Morgan fingerprint density at radius 3 is 3.00 bits per heavy atom. The highest BCUT2D eigenvalue weighted by Gasteiger charge is 2.23. The molecule has 1 aliphatic heterocycles. The zero-order valence-corrected chi connectivity index (χ0v) is 9.51. The smallest absolute Gasteiger partial charge is 0.255 e. The molecule has 15 heavy (non-hydrogen) atoms. The van der Waals surface area contributed by atoms with E-state index in [9.17, 15) is 4.79 Å². The van der Waals surface area contributed by atoms with Crippen molar-refractivity contribution in [3.63, 3.8) is 0 Å². The summed E-state index contributed by atoms with van der Waals surface area (Å²) >= 11 is 0. The highest BCUT2D eigenvalue weighted by molar-refractivity contribution is 5.94. The summed E-state index contributed by atoms with van der Waals surface area (Å²) in [4.78, 5) is 16.8. The third-order valence-electron chi connectivity index (χ3n) is 2.61. The predicted molar refractivity (Wildman–Crippen MR) is 61.4 cm³/mol. The first-order valence-electron chi connectivity index (χ1n) is 4.93. The number of piperazine rings is 1. The van der Waals surface area contributed by atoms with Crippen molar-refractivity contribution in [2.45, 2.75) is 13.0 Å². The van der Waals surface area contributed by atoms with E-state index in [0.29, 0.717) is 0 Å². The lowest BCUT2D eigenvalue weighted by Crippen LogP contribution is -2.52. The van der Waals surface area contributed by atoms with Crippen LogP contribution in [-0.2, 0) is 0 Å². The SMILES string of the molecule is CC1CNCCN1C(=O)c1cc[nH]c1.Cl. The van der Waals surface area contributed by atoms with Crippen molar-refractivity contribution in [2.24, 2.45) is 0 Å². The van der Waals surface area contributed by atoms with E-state index < -0.39 is 0 Å². The second kappa shape index (κ2) is 5.19. The Morgan fingerprint density at radius 1 is 1.60 bits per heavy atom. The Labute approximate surface area is 95.4 Å². The van der Waals surface area contributed by atoms with E-state index in [0.717, 1.165) is 25.2 Å². The molecular formula is C10H16ClN3O. The van der Waals surface area contributed by atoms with Crippen LogP contribution in [0.2, 0.25) is 0 Å². The molecule has 4 nitrogen and oxygen atoms in total. The van der Waals surface area contributed by atoms with E-state index in [4.69, 9.17) is 0 Å². The van der Waals surface area contributed by atoms with Crippen molar-refractivity contribution in [1.82, 2.24) is 15.2 Å². The van der Waals surface area contributed by atoms with Crippen LogP contribution in [0.3, 0.4) is 0 Å². The van der Waals surface area contributed by atoms with E-state index in [1.165, 1.54) is 0 Å². The van der Waals surface area contributed by atoms with Crippen LogP contribution in [-0.4, -0.2) is 41.5 Å². The molecule has 0 aromatic carbocycles. The van der Waals surface area contributed by atoms with Crippen LogP contribution in [0.1, 0.15) is 17.3 Å². The van der Waals surface area contributed by atoms with Gasteiger partial charge >= 0.3 is 0 Å². The minimum Gasteiger partial charge on any atom is -0.367 e. The van der Waals surface area contributed by atoms with Crippen LogP contribution >= 0.6 is 12.4 Å². The van der Waals surface area contributed by atoms with Gasteiger partial charge in [-0.3, -0.25) is 4.79 Å². The average Bonchev–Trinajstić information content (AvgIpc) is 2.70. The zero-order chi connectivity index (χ0) is 9.97. The van der Waals surface area contributed by atoms with E-state index >= 15 is 0 Å². The molecule has 1 aromatic heterocycles. The van der Waals surface area contributed by atoms with Gasteiger partial charge in [-0.05, 0) is 13.0 Å². The van der Waals surface area contributed by atoms with Gasteiger partial charge in [0.25, 0.3) is 5.91 Å². The minimum atomic E-state index is 0. The summed E-state index contributed by atoms with van der Waals surface area (Å²) in [6, 6.07) is 2.10. The van der Waals surface area contributed by atoms with Gasteiger partial charge in [-0.2, -0.15) is 0 Å². The Morgan fingerprint density at radius 2 is 2.40 bits per heavy atom. The van der Waals surface area contributed by atoms with Gasteiger partial charge in [0, 0.05) is 38.1 Å². The maximum atomic E-state index is 11.9. The number of hydrogen-bond acceptors (Lipinski definition) is 2. The van der Waals surface area contributed by atoms with Crippen molar-refractivity contribution < 1.29 is 4.79 Å². The van der Waals surface area contributed by atoms with Crippen molar-refractivity contribution in [2.75, 3.05) is 19.6 Å². The predicted octanol–water partition coefficient (Wildman–Crippen LogP) is 0.870. The second-order valence-electron chi connectivity index (χ2n) is 3.65. The molecule has 2 rings (SSSR count). The summed E-state index contributed by atoms with van der Waals surface area (Å²) in [6.07, 6.45) is 3.52. The van der Waals surface area contributed by atoms with E-state index in [-0.39, 0.29) is 24.4 Å². The number of carbonyl (C=O) groups is 1. The van der Waals surface area contributed by atoms with Gasteiger partial charge in [0.2, 0.25) is 0 Å². The standard InChI is InChI=1S/C10H15N3O.ClH/c1-8-6-12-4-5-13(8)10(14)9-2-3-11-7-9;/h2-3,7-8,11-12H,4-6H2,1H3;1H. The largest absolute Gasteiger partial charge is 0.367 e. The first kappa shape index (κ1) is 12.1. The van der Waals surface area contributed by atoms with Crippen molar-refractivity contribution >= 4 is 18.3 Å². The fourth-order valence-electron chi connectivity index (χ4n) is 1.77. The van der Waals surface area contributed by atoms with Crippen LogP contribution in [0.4, 0.5) is 0 Å². The number of nitrogens with one attached hydrogen (secondary N) is 2. The topological polar surface area (TPSA) is 48.1 Å². The van der Waals surface area contributed by atoms with Gasteiger partial charge < -0.3 is 15.2 Å². The second-order valence-corrected chi connectivity index (χ2v) is 3.65. The molecule has 1 aliphatic rings. The van der Waals surface area contributed by atoms with Gasteiger partial charge in [-0.15, -0.1) is 12.4 Å². The monoisotopic (exact) mass is 229 g/mol. The number of aromatic nitrogens is 1. The molecule has 5 heteroatoms. The van der Waals surface area contributed by atoms with E-state index in [1.807, 2.05) is 11.0 Å². The Kier molecular flexibility index (Phi) is 4.17. The van der Waals surface area contributed by atoms with Crippen LogP contribution in [0.15, 0.2) is 18.5 Å². The Hall–Kier alpha value is -1.00. The molecular weight excluding hydrogens is 214 g/mol. The maximum absolute atomic E-state index is 11.9. The molecule has 0 bridgehead atoms. The summed E-state index contributed by atoms with van der Waals surface area (Å²) in [5.41, 5.74) is 0.749. The molecule has 0 spiro atoms. The first-order valence-corrected chi connectivity index (χ1v) is 4.93. The van der Waals surface area contributed by atoms with Gasteiger partial charge in [0.1, 0.15) is 0 Å². The lowest BCUT2D eigenvalue weighted by Gasteiger charge is -2.33. The molecule has 0 aliphatic carbocycles. The van der Waals surface area contributed by atoms with Gasteiger partial charge in [-0.1, -0.05) is 0 Å². The molecule has 1 fully saturated rings. The molecule has 0 saturated carbocycles. The summed E-state index contributed by atoms with van der Waals surface area (Å²) < 4.78 is 0. The highest BCUT2D eigenvalue weighted by Crippen LogP contribution is 2.09. The van der Waals surface area contributed by atoms with Crippen molar-refractivity contribution in [3.05, 3.63) is 24.0 Å². The maximum Gasteiger partial charge on any atom is 0.255 e. The Balaban J connectivity index is 0.00000112. The van der Waals surface area contributed by atoms with Crippen molar-refractivity contribution in [1.29, 1.82) is 0 Å². The number of carbonyl (C=O) groups excluding carboxylic acids is 1. The third-order valence-corrected chi connectivity index (χ3v) is 2.61. The third kappa shape index (κ3) is 2.52. The van der Waals surface area contributed by atoms with Crippen molar-refractivity contribution in [3.8, 4) is 0 Å². The minimum absolute atomic E-state index is 0. The molecule has 1 amide bonds. The average molecular weight is 230 g/mol. The Bertz CT molecular complexity index is 312. The summed E-state index contributed by atoms with van der Waals surface area (Å²) in [5.74, 6) is 0.125. The number of rotatable bonds is 1. The molecule has 2 N–H and O–H groups in total. The highest BCUT2D eigenvalue weighted by atomic mass is 35.5. The van der Waals surface area contributed by atoms with Crippen LogP contribution < -0.4 is 5.32 Å². The summed E-state index contributed by atoms with van der Waals surface area (Å²) in [6.45, 7) is 4.64. The molecule has 84 valence electrons. The number of aromatic amines is 1. The fraction of sp³-hybridized carbons (Fsp3) is 0.500. The van der Waals surface area contributed by atoms with E-state index in [1.54, 1.807) is 12.4 Å².